The van der Waals surface area contributed by atoms with Crippen LogP contribution in [0.25, 0.3) is 0 Å². The van der Waals surface area contributed by atoms with Gasteiger partial charge >= 0.3 is 5.97 Å². The molecule has 15 heteroatoms. The summed E-state index contributed by atoms with van der Waals surface area (Å²) in [5.74, 6) is -0.697. The molecule has 5 aliphatic carbocycles. The first-order valence-electron chi connectivity index (χ1n) is 21.4. The Labute approximate surface area is 341 Å². The summed E-state index contributed by atoms with van der Waals surface area (Å²) in [6, 6.07) is 0. The van der Waals surface area contributed by atoms with Gasteiger partial charge in [-0.05, 0) is 96.2 Å². The first kappa shape index (κ1) is 44.7. The van der Waals surface area contributed by atoms with Gasteiger partial charge in [0.15, 0.2) is 18.7 Å². The molecule has 6 fully saturated rings. The van der Waals surface area contributed by atoms with Crippen LogP contribution < -0.4 is 0 Å². The molecule has 0 aromatic heterocycles. The van der Waals surface area contributed by atoms with Crippen molar-refractivity contribution in [3.63, 3.8) is 0 Å². The monoisotopic (exact) mass is 826 g/mol. The number of carbonyl (C=O) groups excluding carboxylic acids is 1. The minimum absolute atomic E-state index is 0.142. The van der Waals surface area contributed by atoms with Gasteiger partial charge in [-0.25, -0.2) is 4.79 Å². The van der Waals surface area contributed by atoms with Crippen LogP contribution in [0.1, 0.15) is 99.8 Å². The number of aliphatic hydroxyl groups is 9. The van der Waals surface area contributed by atoms with Crippen LogP contribution in [0.15, 0.2) is 11.6 Å². The Bertz CT molecular complexity index is 1570. The van der Waals surface area contributed by atoms with Crippen LogP contribution in [-0.4, -0.2) is 152 Å². The Morgan fingerprint density at radius 2 is 1.41 bits per heavy atom. The average molecular weight is 827 g/mol. The minimum Gasteiger partial charge on any atom is -0.467 e. The number of hydrogen-bond acceptors (Lipinski definition) is 15. The van der Waals surface area contributed by atoms with E-state index in [-0.39, 0.29) is 46.0 Å². The molecule has 332 valence electrons. The molecular formula is C43H70O15. The lowest BCUT2D eigenvalue weighted by Gasteiger charge is -2.72. The number of rotatable bonds is 7. The number of hydrogen-bond donors (Lipinski definition) is 9. The SMILES string of the molecule is COC(=O)C1OC(OC2CCC3(C)C(CCC4(C)C3CC=C3C5CC(C)(C)CC(O)C5(CO)C(O)CC34C)C2(C)C)C(O)C(OC2OC(CO)C(O)C(O)C2O)C1O. The fraction of sp³-hybridized carbons (Fsp3) is 0.930. The van der Waals surface area contributed by atoms with E-state index in [2.05, 4.69) is 54.5 Å². The summed E-state index contributed by atoms with van der Waals surface area (Å²) in [6.45, 7) is 14.7. The molecule has 20 atom stereocenters. The van der Waals surface area contributed by atoms with Gasteiger partial charge in [0, 0.05) is 0 Å². The van der Waals surface area contributed by atoms with Crippen molar-refractivity contribution in [2.24, 2.45) is 50.2 Å². The van der Waals surface area contributed by atoms with Crippen molar-refractivity contribution in [3.05, 3.63) is 11.6 Å². The highest BCUT2D eigenvalue weighted by molar-refractivity contribution is 5.75. The van der Waals surface area contributed by atoms with E-state index in [0.717, 1.165) is 39.2 Å². The van der Waals surface area contributed by atoms with E-state index >= 15 is 0 Å². The number of ether oxygens (including phenoxy) is 5. The Hall–Kier alpha value is -1.31. The van der Waals surface area contributed by atoms with Gasteiger partial charge in [-0.3, -0.25) is 0 Å². The van der Waals surface area contributed by atoms with Crippen molar-refractivity contribution >= 4 is 5.97 Å². The van der Waals surface area contributed by atoms with E-state index < -0.39 is 103 Å². The molecule has 0 aromatic rings. The zero-order chi connectivity index (χ0) is 42.7. The minimum atomic E-state index is -1.83. The van der Waals surface area contributed by atoms with E-state index in [1.807, 2.05) is 0 Å². The molecule has 2 aliphatic heterocycles. The molecule has 0 radical (unpaired) electrons. The highest BCUT2D eigenvalue weighted by Crippen LogP contribution is 2.76. The van der Waals surface area contributed by atoms with E-state index in [1.54, 1.807) is 0 Å². The van der Waals surface area contributed by atoms with E-state index in [9.17, 15) is 50.8 Å². The number of carbonyl (C=O) groups is 1. The topological polar surface area (TPSA) is 245 Å². The molecule has 0 aromatic carbocycles. The molecule has 2 saturated heterocycles. The zero-order valence-electron chi connectivity index (χ0n) is 35.4. The van der Waals surface area contributed by atoms with Gasteiger partial charge < -0.3 is 69.6 Å². The lowest BCUT2D eigenvalue weighted by atomic mass is 9.33. The molecule has 0 spiro atoms. The first-order chi connectivity index (χ1) is 27.0. The van der Waals surface area contributed by atoms with Gasteiger partial charge in [-0.15, -0.1) is 0 Å². The molecule has 7 aliphatic rings. The third kappa shape index (κ3) is 6.42. The summed E-state index contributed by atoms with van der Waals surface area (Å²) < 4.78 is 28.8. The fourth-order valence-electron chi connectivity index (χ4n) is 14.1. The highest BCUT2D eigenvalue weighted by atomic mass is 16.7. The van der Waals surface area contributed by atoms with Crippen LogP contribution in [0.5, 0.6) is 0 Å². The Morgan fingerprint density at radius 3 is 2.05 bits per heavy atom. The highest BCUT2D eigenvalue weighted by Gasteiger charge is 2.71. The second-order valence-electron chi connectivity index (χ2n) is 21.1. The molecule has 20 unspecified atom stereocenters. The predicted molar refractivity (Wildman–Crippen MR) is 205 cm³/mol. The maximum absolute atomic E-state index is 12.9. The maximum atomic E-state index is 12.9. The molecule has 58 heavy (non-hydrogen) atoms. The molecule has 4 saturated carbocycles. The quantitative estimate of drug-likeness (QED) is 0.0985. The van der Waals surface area contributed by atoms with Gasteiger partial charge in [-0.2, -0.15) is 0 Å². The Balaban J connectivity index is 1.14. The van der Waals surface area contributed by atoms with Crippen LogP contribution in [0.4, 0.5) is 0 Å². The van der Waals surface area contributed by atoms with Gasteiger partial charge in [0.1, 0.15) is 42.7 Å². The largest absolute Gasteiger partial charge is 0.467 e. The van der Waals surface area contributed by atoms with Crippen molar-refractivity contribution in [2.75, 3.05) is 20.3 Å². The van der Waals surface area contributed by atoms with Gasteiger partial charge in [0.2, 0.25) is 0 Å². The maximum Gasteiger partial charge on any atom is 0.337 e. The van der Waals surface area contributed by atoms with Crippen LogP contribution in [0.2, 0.25) is 0 Å². The zero-order valence-corrected chi connectivity index (χ0v) is 35.4. The van der Waals surface area contributed by atoms with Crippen molar-refractivity contribution in [1.82, 2.24) is 0 Å². The van der Waals surface area contributed by atoms with Crippen molar-refractivity contribution in [2.45, 2.75) is 180 Å². The van der Waals surface area contributed by atoms with Crippen LogP contribution in [0.3, 0.4) is 0 Å². The number of esters is 1. The molecule has 2 heterocycles. The predicted octanol–water partition coefficient (Wildman–Crippen LogP) is 0.912. The van der Waals surface area contributed by atoms with Crippen molar-refractivity contribution < 1.29 is 74.4 Å². The fourth-order valence-corrected chi connectivity index (χ4v) is 14.1. The summed E-state index contributed by atoms with van der Waals surface area (Å²) in [4.78, 5) is 12.9. The second kappa shape index (κ2) is 15.2. The van der Waals surface area contributed by atoms with Gasteiger partial charge in [0.25, 0.3) is 0 Å². The first-order valence-corrected chi connectivity index (χ1v) is 21.4. The summed E-state index contributed by atoms with van der Waals surface area (Å²) in [5.41, 5.74) is -1.06. The van der Waals surface area contributed by atoms with Crippen LogP contribution in [-0.2, 0) is 28.5 Å². The summed E-state index contributed by atoms with van der Waals surface area (Å²) in [6.07, 6.45) is -10.7. The smallest absolute Gasteiger partial charge is 0.337 e. The van der Waals surface area contributed by atoms with Gasteiger partial charge in [-0.1, -0.05) is 60.1 Å². The van der Waals surface area contributed by atoms with Gasteiger partial charge in [0.05, 0.1) is 44.1 Å². The Kier molecular flexibility index (Phi) is 11.7. The summed E-state index contributed by atoms with van der Waals surface area (Å²) in [7, 11) is 1.12. The van der Waals surface area contributed by atoms with E-state index in [0.29, 0.717) is 19.3 Å². The average Bonchev–Trinajstić information content (AvgIpc) is 3.14. The summed E-state index contributed by atoms with van der Waals surface area (Å²) in [5, 5.41) is 98.5. The molecule has 7 rings (SSSR count). The van der Waals surface area contributed by atoms with Crippen molar-refractivity contribution in [3.8, 4) is 0 Å². The summed E-state index contributed by atoms with van der Waals surface area (Å²) >= 11 is 0. The lowest BCUT2D eigenvalue weighted by molar-refractivity contribution is -0.365. The third-order valence-corrected chi connectivity index (χ3v) is 17.5. The molecule has 9 N–H and O–H groups in total. The van der Waals surface area contributed by atoms with Crippen LogP contribution >= 0.6 is 0 Å². The standard InChI is InChI=1S/C43H70O15/c1-38(2)15-21-20-9-10-24-40(5)13-12-27(39(3,4)23(40)11-14-41(24,6)42(20,7)17-26(47)43(21,19-45)25(46)16-38)56-37-32(52)33(31(51)34(58-37)35(53)54-8)57-36-30(50)29(49)28(48)22(18-44)55-36/h9,21-34,36-37,44-52H,10-19H2,1-8H3. The third-order valence-electron chi connectivity index (χ3n) is 17.5. The molecule has 15 nitrogen and oxygen atoms in total. The number of methoxy groups -OCH3 is 1. The number of allylic oxidation sites excluding steroid dienone is 2. The molecule has 0 bridgehead atoms. The lowest BCUT2D eigenvalue weighted by Crippen LogP contribution is -2.69. The normalized spacial score (nSPS) is 53.6. The van der Waals surface area contributed by atoms with Crippen molar-refractivity contribution in [1.29, 1.82) is 0 Å². The number of aliphatic hydroxyl groups excluding tert-OH is 9. The second-order valence-corrected chi connectivity index (χ2v) is 21.1. The van der Waals surface area contributed by atoms with Crippen LogP contribution in [0, 0.1) is 50.2 Å². The molecular weight excluding hydrogens is 756 g/mol. The Morgan fingerprint density at radius 1 is 0.759 bits per heavy atom. The van der Waals surface area contributed by atoms with E-state index in [1.165, 1.54) is 5.57 Å². The number of fused-ring (bicyclic) bond motifs is 7. The molecule has 0 amide bonds. The van der Waals surface area contributed by atoms with E-state index in [4.69, 9.17) is 23.7 Å².